The molecule has 2 N–H and O–H groups in total. The minimum atomic E-state index is -0.797. The molecule has 0 aliphatic rings. The summed E-state index contributed by atoms with van der Waals surface area (Å²) < 4.78 is 5.47. The normalized spacial score (nSPS) is 11.2. The van der Waals surface area contributed by atoms with Crippen LogP contribution in [0.1, 0.15) is 13.8 Å². The van der Waals surface area contributed by atoms with Crippen molar-refractivity contribution in [2.45, 2.75) is 13.8 Å². The van der Waals surface area contributed by atoms with E-state index in [1.807, 2.05) is 30.3 Å². The smallest absolute Gasteiger partial charge is 0.310 e. The lowest BCUT2D eigenvalue weighted by Crippen LogP contribution is -2.37. The van der Waals surface area contributed by atoms with E-state index in [-0.39, 0.29) is 0 Å². The first kappa shape index (κ1) is 13.5. The zero-order valence-electron chi connectivity index (χ0n) is 10.3. The Balaban J connectivity index is 2.15. The van der Waals surface area contributed by atoms with E-state index >= 15 is 0 Å². The highest BCUT2D eigenvalue weighted by molar-refractivity contribution is 5.73. The number of ether oxygens (including phenoxy) is 1. The van der Waals surface area contributed by atoms with Gasteiger partial charge < -0.3 is 15.2 Å². The van der Waals surface area contributed by atoms with Crippen molar-refractivity contribution in [3.63, 3.8) is 0 Å². The van der Waals surface area contributed by atoms with Gasteiger partial charge in [-0.3, -0.25) is 4.79 Å². The van der Waals surface area contributed by atoms with Gasteiger partial charge >= 0.3 is 5.97 Å². The molecule has 0 radical (unpaired) electrons. The molecule has 0 saturated carbocycles. The van der Waals surface area contributed by atoms with Crippen molar-refractivity contribution in [2.24, 2.45) is 5.41 Å². The monoisotopic (exact) mass is 237 g/mol. The molecule has 0 fully saturated rings. The molecule has 0 atom stereocenters. The second-order valence-electron chi connectivity index (χ2n) is 4.53. The second kappa shape index (κ2) is 6.25. The molecule has 0 spiro atoms. The van der Waals surface area contributed by atoms with Crippen LogP contribution in [0.4, 0.5) is 0 Å². The van der Waals surface area contributed by atoms with E-state index in [9.17, 15) is 4.79 Å². The SMILES string of the molecule is CC(C)(CNCCOc1ccccc1)C(=O)O. The number of benzene rings is 1. The fraction of sp³-hybridized carbons (Fsp3) is 0.462. The summed E-state index contributed by atoms with van der Waals surface area (Å²) in [5, 5.41) is 12.0. The van der Waals surface area contributed by atoms with E-state index in [0.29, 0.717) is 19.7 Å². The van der Waals surface area contributed by atoms with Crippen molar-refractivity contribution in [2.75, 3.05) is 19.7 Å². The number of para-hydroxylation sites is 1. The maximum absolute atomic E-state index is 10.8. The second-order valence-corrected chi connectivity index (χ2v) is 4.53. The van der Waals surface area contributed by atoms with E-state index in [4.69, 9.17) is 9.84 Å². The van der Waals surface area contributed by atoms with Crippen LogP contribution in [-0.4, -0.2) is 30.8 Å². The number of nitrogens with one attached hydrogen (secondary N) is 1. The molecule has 0 saturated heterocycles. The number of hydrogen-bond acceptors (Lipinski definition) is 3. The van der Waals surface area contributed by atoms with Gasteiger partial charge in [-0.05, 0) is 26.0 Å². The summed E-state index contributed by atoms with van der Waals surface area (Å²) in [6.07, 6.45) is 0. The number of hydrogen-bond donors (Lipinski definition) is 2. The van der Waals surface area contributed by atoms with Gasteiger partial charge in [-0.25, -0.2) is 0 Å². The molecule has 17 heavy (non-hydrogen) atoms. The number of carboxylic acids is 1. The molecule has 0 unspecified atom stereocenters. The largest absolute Gasteiger partial charge is 0.492 e. The highest BCUT2D eigenvalue weighted by Crippen LogP contribution is 2.12. The van der Waals surface area contributed by atoms with Crippen LogP contribution in [0.15, 0.2) is 30.3 Å². The lowest BCUT2D eigenvalue weighted by molar-refractivity contribution is -0.146. The van der Waals surface area contributed by atoms with Gasteiger partial charge in [-0.15, -0.1) is 0 Å². The van der Waals surface area contributed by atoms with Crippen molar-refractivity contribution in [1.82, 2.24) is 5.32 Å². The molecular weight excluding hydrogens is 218 g/mol. The van der Waals surface area contributed by atoms with Gasteiger partial charge in [-0.1, -0.05) is 18.2 Å². The molecule has 1 rings (SSSR count). The van der Waals surface area contributed by atoms with Crippen LogP contribution < -0.4 is 10.1 Å². The zero-order chi connectivity index (χ0) is 12.7. The van der Waals surface area contributed by atoms with Crippen LogP contribution in [0.25, 0.3) is 0 Å². The summed E-state index contributed by atoms with van der Waals surface area (Å²) in [5.41, 5.74) is -0.743. The highest BCUT2D eigenvalue weighted by Gasteiger charge is 2.26. The van der Waals surface area contributed by atoms with Gasteiger partial charge in [0.25, 0.3) is 0 Å². The van der Waals surface area contributed by atoms with Crippen LogP contribution in [0.2, 0.25) is 0 Å². The molecule has 4 heteroatoms. The summed E-state index contributed by atoms with van der Waals surface area (Å²) in [6, 6.07) is 9.54. The predicted octanol–water partition coefficient (Wildman–Crippen LogP) is 1.77. The first-order chi connectivity index (χ1) is 8.02. The van der Waals surface area contributed by atoms with Gasteiger partial charge in [0.15, 0.2) is 0 Å². The number of carboxylic acid groups (broad SMARTS) is 1. The van der Waals surface area contributed by atoms with Gasteiger partial charge in [0, 0.05) is 13.1 Å². The van der Waals surface area contributed by atoms with Crippen LogP contribution in [-0.2, 0) is 4.79 Å². The van der Waals surface area contributed by atoms with Crippen LogP contribution in [0.5, 0.6) is 5.75 Å². The summed E-state index contributed by atoms with van der Waals surface area (Å²) in [6.45, 7) is 4.98. The summed E-state index contributed by atoms with van der Waals surface area (Å²) in [4.78, 5) is 10.8. The first-order valence-corrected chi connectivity index (χ1v) is 5.64. The van der Waals surface area contributed by atoms with Crippen LogP contribution >= 0.6 is 0 Å². The Morgan fingerprint density at radius 1 is 1.35 bits per heavy atom. The maximum Gasteiger partial charge on any atom is 0.310 e. The van der Waals surface area contributed by atoms with Crippen LogP contribution in [0.3, 0.4) is 0 Å². The van der Waals surface area contributed by atoms with E-state index in [0.717, 1.165) is 5.75 Å². The summed E-state index contributed by atoms with van der Waals surface area (Å²) in [5.74, 6) is 0.0285. The Labute approximate surface area is 102 Å². The Hall–Kier alpha value is -1.55. The third kappa shape index (κ3) is 4.87. The molecule has 94 valence electrons. The van der Waals surface area contributed by atoms with Gasteiger partial charge in [0.1, 0.15) is 12.4 Å². The predicted molar refractivity (Wildman–Crippen MR) is 66.2 cm³/mol. The van der Waals surface area contributed by atoms with Crippen molar-refractivity contribution >= 4 is 5.97 Å². The third-order valence-electron chi connectivity index (χ3n) is 2.44. The quantitative estimate of drug-likeness (QED) is 0.709. The molecule has 0 aliphatic carbocycles. The van der Waals surface area contributed by atoms with E-state index in [1.165, 1.54) is 0 Å². The summed E-state index contributed by atoms with van der Waals surface area (Å²) >= 11 is 0. The van der Waals surface area contributed by atoms with Crippen molar-refractivity contribution in [1.29, 1.82) is 0 Å². The Kier molecular flexibility index (Phi) is 4.97. The van der Waals surface area contributed by atoms with Crippen molar-refractivity contribution < 1.29 is 14.6 Å². The lowest BCUT2D eigenvalue weighted by Gasteiger charge is -2.19. The van der Waals surface area contributed by atoms with Crippen LogP contribution in [0, 0.1) is 5.41 Å². The summed E-state index contributed by atoms with van der Waals surface area (Å²) in [7, 11) is 0. The molecule has 4 nitrogen and oxygen atoms in total. The van der Waals surface area contributed by atoms with E-state index in [1.54, 1.807) is 13.8 Å². The number of carbonyl (C=O) groups is 1. The standard InChI is InChI=1S/C13H19NO3/c1-13(2,12(15)16)10-14-8-9-17-11-6-4-3-5-7-11/h3-7,14H,8-10H2,1-2H3,(H,15,16). The fourth-order valence-electron chi connectivity index (χ4n) is 1.23. The maximum atomic E-state index is 10.8. The topological polar surface area (TPSA) is 58.6 Å². The molecule has 0 heterocycles. The molecule has 1 aromatic carbocycles. The first-order valence-electron chi connectivity index (χ1n) is 5.64. The van der Waals surface area contributed by atoms with E-state index < -0.39 is 11.4 Å². The Morgan fingerprint density at radius 2 is 2.00 bits per heavy atom. The average molecular weight is 237 g/mol. The molecule has 0 bridgehead atoms. The van der Waals surface area contributed by atoms with Gasteiger partial charge in [0.05, 0.1) is 5.41 Å². The average Bonchev–Trinajstić information content (AvgIpc) is 2.29. The zero-order valence-corrected chi connectivity index (χ0v) is 10.3. The molecule has 0 amide bonds. The molecular formula is C13H19NO3. The number of rotatable bonds is 7. The number of aliphatic carboxylic acids is 1. The molecule has 1 aromatic rings. The van der Waals surface area contributed by atoms with Crippen molar-refractivity contribution in [3.05, 3.63) is 30.3 Å². The Bertz CT molecular complexity index is 349. The highest BCUT2D eigenvalue weighted by atomic mass is 16.5. The molecule has 0 aromatic heterocycles. The molecule has 0 aliphatic heterocycles. The van der Waals surface area contributed by atoms with Crippen molar-refractivity contribution in [3.8, 4) is 5.75 Å². The van der Waals surface area contributed by atoms with Gasteiger partial charge in [-0.2, -0.15) is 0 Å². The lowest BCUT2D eigenvalue weighted by atomic mass is 9.94. The Morgan fingerprint density at radius 3 is 2.59 bits per heavy atom. The van der Waals surface area contributed by atoms with Gasteiger partial charge in [0.2, 0.25) is 0 Å². The third-order valence-corrected chi connectivity index (χ3v) is 2.44. The minimum absolute atomic E-state index is 0.431. The van der Waals surface area contributed by atoms with E-state index in [2.05, 4.69) is 5.32 Å². The fourth-order valence-corrected chi connectivity index (χ4v) is 1.23. The minimum Gasteiger partial charge on any atom is -0.492 e.